The highest BCUT2D eigenvalue weighted by Crippen LogP contribution is 2.32. The second-order valence-corrected chi connectivity index (χ2v) is 7.49. The molecule has 0 aliphatic rings. The molecule has 146 valence electrons. The Morgan fingerprint density at radius 3 is 2.59 bits per heavy atom. The highest BCUT2D eigenvalue weighted by Gasteiger charge is 2.17. The molecule has 0 radical (unpaired) electrons. The van der Waals surface area contributed by atoms with Crippen molar-refractivity contribution in [3.05, 3.63) is 82.3 Å². The third-order valence-corrected chi connectivity index (χ3v) is 5.39. The highest BCUT2D eigenvalue weighted by molar-refractivity contribution is 8.03. The Morgan fingerprint density at radius 1 is 1.17 bits per heavy atom. The maximum Gasteiger partial charge on any atom is 0.342 e. The summed E-state index contributed by atoms with van der Waals surface area (Å²) >= 11 is 0.964. The van der Waals surface area contributed by atoms with Gasteiger partial charge in [0.2, 0.25) is 0 Å². The number of fused-ring (bicyclic) bond motifs is 1. The van der Waals surface area contributed by atoms with E-state index in [9.17, 15) is 14.3 Å². The minimum atomic E-state index is -1.07. The maximum atomic E-state index is 13.3. The van der Waals surface area contributed by atoms with Gasteiger partial charge >= 0.3 is 5.97 Å². The van der Waals surface area contributed by atoms with E-state index in [1.165, 1.54) is 12.1 Å². The molecule has 0 saturated heterocycles. The van der Waals surface area contributed by atoms with Crippen molar-refractivity contribution < 1.29 is 18.7 Å². The summed E-state index contributed by atoms with van der Waals surface area (Å²) in [4.78, 5) is 16.2. The van der Waals surface area contributed by atoms with Gasteiger partial charge in [0.05, 0.1) is 0 Å². The number of hydrogen-bond donors (Lipinski definition) is 1. The molecule has 29 heavy (non-hydrogen) atoms. The largest absolute Gasteiger partial charge is 0.477 e. The SMILES string of the molecule is Cc1cc(/C=C(\Sc2nc3ccccc3o2)C(=O)O)c(C)n1-c1ccc(F)cc1. The molecular formula is C22H17FN2O3S. The Balaban J connectivity index is 1.71. The van der Waals surface area contributed by atoms with Crippen molar-refractivity contribution in [2.75, 3.05) is 0 Å². The zero-order valence-electron chi connectivity index (χ0n) is 15.7. The zero-order chi connectivity index (χ0) is 20.5. The Kier molecular flexibility index (Phi) is 4.98. The highest BCUT2D eigenvalue weighted by atomic mass is 32.2. The number of benzene rings is 2. The van der Waals surface area contributed by atoms with Gasteiger partial charge in [-0.15, -0.1) is 0 Å². The summed E-state index contributed by atoms with van der Waals surface area (Å²) in [6, 6.07) is 15.3. The van der Waals surface area contributed by atoms with Crippen LogP contribution in [0, 0.1) is 19.7 Å². The van der Waals surface area contributed by atoms with Gasteiger partial charge in [0.25, 0.3) is 5.22 Å². The second kappa shape index (κ2) is 7.60. The number of aryl methyl sites for hydroxylation is 1. The zero-order valence-corrected chi connectivity index (χ0v) is 16.5. The molecule has 4 rings (SSSR count). The van der Waals surface area contributed by atoms with Crippen LogP contribution >= 0.6 is 11.8 Å². The molecule has 1 N–H and O–H groups in total. The van der Waals surface area contributed by atoms with Crippen molar-refractivity contribution in [1.82, 2.24) is 9.55 Å². The van der Waals surface area contributed by atoms with Crippen LogP contribution in [0.5, 0.6) is 0 Å². The molecule has 0 fully saturated rings. The number of para-hydroxylation sites is 2. The van der Waals surface area contributed by atoms with Crippen LogP contribution in [0.3, 0.4) is 0 Å². The van der Waals surface area contributed by atoms with Gasteiger partial charge < -0.3 is 14.1 Å². The van der Waals surface area contributed by atoms with E-state index in [1.54, 1.807) is 24.3 Å². The second-order valence-electron chi connectivity index (χ2n) is 6.50. The van der Waals surface area contributed by atoms with Gasteiger partial charge in [0.1, 0.15) is 16.2 Å². The number of aromatic nitrogens is 2. The standard InChI is InChI=1S/C22H17FN2O3S/c1-13-11-15(14(2)25(13)17-9-7-16(23)8-10-17)12-20(21(26)27)29-22-24-18-5-3-4-6-19(18)28-22/h3-12H,1-2H3,(H,26,27)/b20-12-. The molecule has 5 nitrogen and oxygen atoms in total. The molecule has 0 aliphatic heterocycles. The molecule has 0 bridgehead atoms. The van der Waals surface area contributed by atoms with E-state index in [0.717, 1.165) is 34.4 Å². The fourth-order valence-electron chi connectivity index (χ4n) is 3.19. The lowest BCUT2D eigenvalue weighted by Crippen LogP contribution is -2.00. The normalized spacial score (nSPS) is 11.9. The summed E-state index contributed by atoms with van der Waals surface area (Å²) in [6.45, 7) is 3.81. The van der Waals surface area contributed by atoms with Crippen molar-refractivity contribution in [2.45, 2.75) is 19.1 Å². The fourth-order valence-corrected chi connectivity index (χ4v) is 3.92. The Morgan fingerprint density at radius 2 is 1.90 bits per heavy atom. The van der Waals surface area contributed by atoms with Crippen LogP contribution in [0.25, 0.3) is 22.9 Å². The Hall–Kier alpha value is -3.32. The topological polar surface area (TPSA) is 68.3 Å². The van der Waals surface area contributed by atoms with E-state index in [0.29, 0.717) is 11.1 Å². The first kappa shape index (κ1) is 19.0. The number of nitrogens with zero attached hydrogens (tertiary/aromatic N) is 2. The quantitative estimate of drug-likeness (QED) is 0.344. The van der Waals surface area contributed by atoms with Gasteiger partial charge in [0.15, 0.2) is 5.58 Å². The van der Waals surface area contributed by atoms with Crippen molar-refractivity contribution in [3.8, 4) is 5.69 Å². The van der Waals surface area contributed by atoms with Gasteiger partial charge in [-0.2, -0.15) is 0 Å². The van der Waals surface area contributed by atoms with E-state index in [2.05, 4.69) is 4.98 Å². The first-order valence-electron chi connectivity index (χ1n) is 8.85. The molecule has 0 atom stereocenters. The van der Waals surface area contributed by atoms with Crippen molar-refractivity contribution in [3.63, 3.8) is 0 Å². The molecule has 0 unspecified atom stereocenters. The van der Waals surface area contributed by atoms with Crippen LogP contribution in [0.2, 0.25) is 0 Å². The van der Waals surface area contributed by atoms with Gasteiger partial charge in [-0.25, -0.2) is 14.2 Å². The molecule has 4 aromatic rings. The van der Waals surface area contributed by atoms with E-state index in [1.807, 2.05) is 42.7 Å². The summed E-state index contributed by atoms with van der Waals surface area (Å²) in [5, 5.41) is 9.95. The fraction of sp³-hybridized carbons (Fsp3) is 0.0909. The monoisotopic (exact) mass is 408 g/mol. The average molecular weight is 408 g/mol. The van der Waals surface area contributed by atoms with Crippen molar-refractivity contribution >= 4 is 34.9 Å². The summed E-state index contributed by atoms with van der Waals surface area (Å²) in [6.07, 6.45) is 1.60. The van der Waals surface area contributed by atoms with E-state index >= 15 is 0 Å². The lowest BCUT2D eigenvalue weighted by atomic mass is 10.2. The van der Waals surface area contributed by atoms with Crippen LogP contribution in [0.15, 0.2) is 69.1 Å². The van der Waals surface area contributed by atoms with Gasteiger partial charge in [-0.3, -0.25) is 0 Å². The molecule has 2 aromatic carbocycles. The number of oxazole rings is 1. The third-order valence-electron chi connectivity index (χ3n) is 4.52. The molecule has 0 amide bonds. The molecule has 2 aromatic heterocycles. The number of hydrogen-bond acceptors (Lipinski definition) is 4. The summed E-state index contributed by atoms with van der Waals surface area (Å²) in [7, 11) is 0. The molecule has 0 aliphatic carbocycles. The molecule has 0 saturated carbocycles. The summed E-state index contributed by atoms with van der Waals surface area (Å²) in [5.74, 6) is -1.37. The third kappa shape index (κ3) is 3.82. The van der Waals surface area contributed by atoms with Gasteiger partial charge in [-0.1, -0.05) is 12.1 Å². The van der Waals surface area contributed by atoms with Gasteiger partial charge in [0, 0.05) is 17.1 Å². The molecule has 2 heterocycles. The number of carboxylic acids is 1. The minimum Gasteiger partial charge on any atom is -0.477 e. The van der Waals surface area contributed by atoms with E-state index in [-0.39, 0.29) is 15.9 Å². The van der Waals surface area contributed by atoms with Crippen LogP contribution < -0.4 is 0 Å². The van der Waals surface area contributed by atoms with Crippen LogP contribution in [0.4, 0.5) is 4.39 Å². The molecule has 0 spiro atoms. The first-order valence-corrected chi connectivity index (χ1v) is 9.67. The van der Waals surface area contributed by atoms with Crippen LogP contribution in [0.1, 0.15) is 17.0 Å². The van der Waals surface area contributed by atoms with E-state index in [4.69, 9.17) is 4.42 Å². The molecular weight excluding hydrogens is 391 g/mol. The Labute approximate surface area is 170 Å². The number of thioether (sulfide) groups is 1. The number of carbonyl (C=O) groups is 1. The number of rotatable bonds is 5. The number of halogens is 1. The smallest absolute Gasteiger partial charge is 0.342 e. The Bertz CT molecular complexity index is 1210. The number of carboxylic acid groups (broad SMARTS) is 1. The lowest BCUT2D eigenvalue weighted by Gasteiger charge is -2.09. The summed E-state index contributed by atoms with van der Waals surface area (Å²) in [5.41, 5.74) is 4.61. The van der Waals surface area contributed by atoms with Crippen LogP contribution in [-0.4, -0.2) is 20.6 Å². The van der Waals surface area contributed by atoms with Crippen molar-refractivity contribution in [2.24, 2.45) is 0 Å². The lowest BCUT2D eigenvalue weighted by molar-refractivity contribution is -0.131. The predicted octanol–water partition coefficient (Wildman–Crippen LogP) is 5.59. The minimum absolute atomic E-state index is 0.0934. The first-order chi connectivity index (χ1) is 13.9. The number of aliphatic carboxylic acids is 1. The molecule has 7 heteroatoms. The van der Waals surface area contributed by atoms with E-state index < -0.39 is 5.97 Å². The summed E-state index contributed by atoms with van der Waals surface area (Å²) < 4.78 is 20.8. The average Bonchev–Trinajstić information content (AvgIpc) is 3.22. The maximum absolute atomic E-state index is 13.3. The van der Waals surface area contributed by atoms with Gasteiger partial charge in [-0.05, 0) is 79.7 Å². The van der Waals surface area contributed by atoms with Crippen molar-refractivity contribution in [1.29, 1.82) is 0 Å². The van der Waals surface area contributed by atoms with Crippen LogP contribution in [-0.2, 0) is 4.79 Å². The predicted molar refractivity (Wildman–Crippen MR) is 111 cm³/mol.